The predicted octanol–water partition coefficient (Wildman–Crippen LogP) is 3.59. The Bertz CT molecular complexity index is 783. The van der Waals surface area contributed by atoms with Crippen molar-refractivity contribution in [1.29, 1.82) is 0 Å². The van der Waals surface area contributed by atoms with E-state index in [1.807, 2.05) is 0 Å². The second kappa shape index (κ2) is 8.48. The number of halogens is 2. The van der Waals surface area contributed by atoms with Gasteiger partial charge >= 0.3 is 0 Å². The van der Waals surface area contributed by atoms with Crippen molar-refractivity contribution in [3.63, 3.8) is 0 Å². The highest BCUT2D eigenvalue weighted by Gasteiger charge is 2.20. The van der Waals surface area contributed by atoms with E-state index in [9.17, 15) is 14.0 Å². The van der Waals surface area contributed by atoms with Gasteiger partial charge in [0.05, 0.1) is 12.7 Å². The summed E-state index contributed by atoms with van der Waals surface area (Å²) in [5, 5.41) is 2.89. The second-order valence-corrected chi connectivity index (χ2v) is 5.66. The third kappa shape index (κ3) is 4.93. The Kier molecular flexibility index (Phi) is 6.36. The summed E-state index contributed by atoms with van der Waals surface area (Å²) in [6.45, 7) is 1.77. The number of likely N-dealkylation sites (N-methyl/N-ethyl adjacent to an activating group) is 1. The van der Waals surface area contributed by atoms with Gasteiger partial charge in [-0.2, -0.15) is 0 Å². The highest BCUT2D eigenvalue weighted by molar-refractivity contribution is 6.30. The van der Waals surface area contributed by atoms with Crippen molar-refractivity contribution in [3.8, 4) is 5.75 Å². The molecule has 25 heavy (non-hydrogen) atoms. The highest BCUT2D eigenvalue weighted by atomic mass is 35.5. The van der Waals surface area contributed by atoms with Gasteiger partial charge in [0, 0.05) is 23.3 Å². The van der Waals surface area contributed by atoms with Gasteiger partial charge in [-0.1, -0.05) is 17.7 Å². The molecule has 0 aliphatic carbocycles. The molecule has 0 aliphatic rings. The minimum absolute atomic E-state index is 0.125. The quantitative estimate of drug-likeness (QED) is 0.852. The maximum absolute atomic E-state index is 13.9. The smallest absolute Gasteiger partial charge is 0.257 e. The van der Waals surface area contributed by atoms with Crippen LogP contribution in [-0.4, -0.2) is 36.9 Å². The van der Waals surface area contributed by atoms with Gasteiger partial charge in [-0.25, -0.2) is 4.39 Å². The van der Waals surface area contributed by atoms with E-state index in [0.717, 1.165) is 6.07 Å². The molecule has 2 aromatic carbocycles. The molecule has 2 amide bonds. The summed E-state index contributed by atoms with van der Waals surface area (Å²) in [6, 6.07) is 10.7. The molecule has 0 unspecified atom stereocenters. The van der Waals surface area contributed by atoms with Gasteiger partial charge in [-0.15, -0.1) is 0 Å². The number of anilines is 1. The van der Waals surface area contributed by atoms with Gasteiger partial charge < -0.3 is 15.0 Å². The van der Waals surface area contributed by atoms with Crippen LogP contribution in [-0.2, 0) is 4.79 Å². The van der Waals surface area contributed by atoms with Crippen LogP contribution in [0.3, 0.4) is 0 Å². The molecule has 0 saturated heterocycles. The minimum atomic E-state index is -0.718. The Balaban J connectivity index is 2.07. The number of nitrogens with zero attached hydrogens (tertiary/aromatic N) is 1. The van der Waals surface area contributed by atoms with Gasteiger partial charge in [0.2, 0.25) is 5.91 Å². The van der Waals surface area contributed by atoms with Gasteiger partial charge in [-0.05, 0) is 37.3 Å². The van der Waals surface area contributed by atoms with Gasteiger partial charge in [0.15, 0.2) is 0 Å². The molecule has 0 aliphatic heterocycles. The number of hydrogen-bond donors (Lipinski definition) is 1. The fourth-order valence-electron chi connectivity index (χ4n) is 2.24. The molecule has 2 aromatic rings. The predicted molar refractivity (Wildman–Crippen MR) is 94.6 cm³/mol. The summed E-state index contributed by atoms with van der Waals surface area (Å²) in [6.07, 6.45) is 0. The largest absolute Gasteiger partial charge is 0.497 e. The van der Waals surface area contributed by atoms with Crippen molar-refractivity contribution < 1.29 is 18.7 Å². The first-order valence-electron chi connectivity index (χ1n) is 7.62. The maximum Gasteiger partial charge on any atom is 0.257 e. The Morgan fingerprint density at radius 1 is 1.24 bits per heavy atom. The van der Waals surface area contributed by atoms with E-state index in [4.69, 9.17) is 16.3 Å². The first kappa shape index (κ1) is 18.7. The molecular formula is C18H18ClFN2O3. The molecule has 5 nitrogen and oxygen atoms in total. The van der Waals surface area contributed by atoms with Crippen molar-refractivity contribution in [2.45, 2.75) is 6.92 Å². The Morgan fingerprint density at radius 2 is 2.00 bits per heavy atom. The molecule has 0 saturated carbocycles. The van der Waals surface area contributed by atoms with Crippen LogP contribution in [0.1, 0.15) is 17.3 Å². The SMILES string of the molecule is CCN(CC(=O)Nc1cccc(OC)c1)C(=O)c1ccc(Cl)cc1F. The lowest BCUT2D eigenvalue weighted by Crippen LogP contribution is -2.38. The molecule has 0 atom stereocenters. The molecule has 132 valence electrons. The van der Waals surface area contributed by atoms with Crippen molar-refractivity contribution in [1.82, 2.24) is 4.90 Å². The average molecular weight is 365 g/mol. The standard InChI is InChI=1S/C18H18ClFN2O3/c1-3-22(18(24)15-8-7-12(19)9-16(15)20)11-17(23)21-13-5-4-6-14(10-13)25-2/h4-10H,3,11H2,1-2H3,(H,21,23). The molecule has 0 radical (unpaired) electrons. The molecule has 0 heterocycles. The van der Waals surface area contributed by atoms with Crippen LogP contribution < -0.4 is 10.1 Å². The number of carbonyl (C=O) groups is 2. The Morgan fingerprint density at radius 3 is 2.64 bits per heavy atom. The fraction of sp³-hybridized carbons (Fsp3) is 0.222. The van der Waals surface area contributed by atoms with E-state index < -0.39 is 17.6 Å². The number of hydrogen-bond acceptors (Lipinski definition) is 3. The van der Waals surface area contributed by atoms with E-state index in [1.54, 1.807) is 31.2 Å². The van der Waals surface area contributed by atoms with E-state index in [0.29, 0.717) is 11.4 Å². The van der Waals surface area contributed by atoms with E-state index in [1.165, 1.54) is 24.1 Å². The zero-order chi connectivity index (χ0) is 18.4. The van der Waals surface area contributed by atoms with Crippen LogP contribution in [0.15, 0.2) is 42.5 Å². The molecule has 7 heteroatoms. The highest BCUT2D eigenvalue weighted by Crippen LogP contribution is 2.18. The van der Waals surface area contributed by atoms with Gasteiger partial charge in [0.25, 0.3) is 5.91 Å². The minimum Gasteiger partial charge on any atom is -0.497 e. The van der Waals surface area contributed by atoms with Crippen molar-refractivity contribution in [3.05, 3.63) is 58.9 Å². The van der Waals surface area contributed by atoms with E-state index in [2.05, 4.69) is 5.32 Å². The molecule has 2 rings (SSSR count). The zero-order valence-corrected chi connectivity index (χ0v) is 14.6. The molecular weight excluding hydrogens is 347 g/mol. The third-order valence-electron chi connectivity index (χ3n) is 3.52. The van der Waals surface area contributed by atoms with E-state index >= 15 is 0 Å². The van der Waals surface area contributed by atoms with Gasteiger partial charge in [0.1, 0.15) is 18.1 Å². The average Bonchev–Trinajstić information content (AvgIpc) is 2.59. The number of carbonyl (C=O) groups excluding carboxylic acids is 2. The summed E-state index contributed by atoms with van der Waals surface area (Å²) in [5.41, 5.74) is 0.422. The van der Waals surface area contributed by atoms with Crippen LogP contribution in [0.4, 0.5) is 10.1 Å². The second-order valence-electron chi connectivity index (χ2n) is 5.22. The topological polar surface area (TPSA) is 58.6 Å². The van der Waals surface area contributed by atoms with Crippen LogP contribution >= 0.6 is 11.6 Å². The number of nitrogens with one attached hydrogen (secondary N) is 1. The first-order valence-corrected chi connectivity index (χ1v) is 8.00. The normalized spacial score (nSPS) is 10.2. The van der Waals surface area contributed by atoms with Crippen LogP contribution in [0.25, 0.3) is 0 Å². The molecule has 1 N–H and O–H groups in total. The van der Waals surface area contributed by atoms with Gasteiger partial charge in [-0.3, -0.25) is 9.59 Å². The van der Waals surface area contributed by atoms with Crippen LogP contribution in [0, 0.1) is 5.82 Å². The zero-order valence-electron chi connectivity index (χ0n) is 13.9. The maximum atomic E-state index is 13.9. The lowest BCUT2D eigenvalue weighted by Gasteiger charge is -2.21. The summed E-state index contributed by atoms with van der Waals surface area (Å²) in [7, 11) is 1.53. The van der Waals surface area contributed by atoms with Crippen molar-refractivity contribution >= 4 is 29.1 Å². The number of methoxy groups -OCH3 is 1. The Labute approximate surface area is 150 Å². The van der Waals surface area contributed by atoms with E-state index in [-0.39, 0.29) is 23.7 Å². The van der Waals surface area contributed by atoms with Crippen molar-refractivity contribution in [2.75, 3.05) is 25.5 Å². The lowest BCUT2D eigenvalue weighted by molar-refractivity contribution is -0.116. The summed E-state index contributed by atoms with van der Waals surface area (Å²) >= 11 is 5.70. The first-order chi connectivity index (χ1) is 11.9. The third-order valence-corrected chi connectivity index (χ3v) is 3.75. The lowest BCUT2D eigenvalue weighted by atomic mass is 10.2. The number of amides is 2. The number of ether oxygens (including phenoxy) is 1. The van der Waals surface area contributed by atoms with Crippen LogP contribution in [0.2, 0.25) is 5.02 Å². The molecule has 0 aromatic heterocycles. The molecule has 0 bridgehead atoms. The summed E-state index contributed by atoms with van der Waals surface area (Å²) in [4.78, 5) is 25.9. The summed E-state index contributed by atoms with van der Waals surface area (Å²) < 4.78 is 19.0. The fourth-order valence-corrected chi connectivity index (χ4v) is 2.39. The number of rotatable bonds is 6. The monoisotopic (exact) mass is 364 g/mol. The van der Waals surface area contributed by atoms with Crippen LogP contribution in [0.5, 0.6) is 5.75 Å². The Hall–Kier alpha value is -2.60. The molecule has 0 fully saturated rings. The molecule has 0 spiro atoms. The summed E-state index contributed by atoms with van der Waals surface area (Å²) in [5.74, 6) is -1.08. The number of benzene rings is 2. The van der Waals surface area contributed by atoms with Crippen molar-refractivity contribution in [2.24, 2.45) is 0 Å².